The standard InChI is InChI=1S/C33H44FN3O14/c1-20-16-24-23-9-8-21-17-22(38)10-12-30(21,2)32(23,34)25(39)18-31(24,3)33(20,51-29(43)7-5-15-50-37(46)47)26(40)19-48-28(42)11-13-35-27(41)6-4-14-49-36(44)45/h8,10,12,20,23-25,39H,4-7,9,11,13-19H2,1-3H3,(H,35,41)/t20-,23?,24?,25+,30+,31+,32+,33+/m1/s1. The van der Waals surface area contributed by atoms with Gasteiger partial charge in [-0.05, 0) is 51.0 Å². The Balaban J connectivity index is 1.53. The zero-order chi connectivity index (χ0) is 37.8. The van der Waals surface area contributed by atoms with Crippen LogP contribution in [0, 0.1) is 48.8 Å². The van der Waals surface area contributed by atoms with Crippen LogP contribution < -0.4 is 5.32 Å². The van der Waals surface area contributed by atoms with Gasteiger partial charge >= 0.3 is 11.9 Å². The number of esters is 2. The quantitative estimate of drug-likeness (QED) is 0.0720. The van der Waals surface area contributed by atoms with E-state index in [0.717, 1.165) is 0 Å². The molecule has 4 aliphatic carbocycles. The van der Waals surface area contributed by atoms with E-state index < -0.39 is 93.0 Å². The van der Waals surface area contributed by atoms with Gasteiger partial charge in [0.1, 0.15) is 0 Å². The highest BCUT2D eigenvalue weighted by molar-refractivity contribution is 5.94. The molecule has 4 aliphatic rings. The van der Waals surface area contributed by atoms with Gasteiger partial charge in [-0.3, -0.25) is 24.0 Å². The van der Waals surface area contributed by atoms with E-state index in [1.807, 2.05) is 6.08 Å². The number of halogens is 1. The number of ketones is 2. The summed E-state index contributed by atoms with van der Waals surface area (Å²) in [6, 6.07) is 0. The molecule has 2 N–H and O–H groups in total. The van der Waals surface area contributed by atoms with E-state index in [0.29, 0.717) is 5.57 Å². The molecule has 2 saturated carbocycles. The fourth-order valence-corrected chi connectivity index (χ4v) is 8.98. The van der Waals surface area contributed by atoms with Gasteiger partial charge in [0.15, 0.2) is 23.7 Å². The Hall–Kier alpha value is -4.48. The van der Waals surface area contributed by atoms with Gasteiger partial charge in [-0.1, -0.05) is 31.6 Å². The third kappa shape index (κ3) is 7.46. The molecule has 0 aromatic rings. The van der Waals surface area contributed by atoms with Crippen LogP contribution >= 0.6 is 0 Å². The van der Waals surface area contributed by atoms with Crippen molar-refractivity contribution in [1.29, 1.82) is 0 Å². The van der Waals surface area contributed by atoms with Crippen LogP contribution in [-0.4, -0.2) is 88.4 Å². The Kier molecular flexibility index (Phi) is 11.9. The summed E-state index contributed by atoms with van der Waals surface area (Å²) in [6.45, 7) is 3.27. The maximum Gasteiger partial charge on any atom is 0.308 e. The van der Waals surface area contributed by atoms with Crippen LogP contribution in [0.3, 0.4) is 0 Å². The molecule has 4 rings (SSSR count). The minimum atomic E-state index is -2.22. The van der Waals surface area contributed by atoms with Gasteiger partial charge in [0.25, 0.3) is 10.2 Å². The lowest BCUT2D eigenvalue weighted by atomic mass is 9.45. The SMILES string of the molecule is C[C@@H]1CC2C3CC=C4CC(=O)C=C[C@]4(C)[C@@]3(F)[C@@H](O)C[C@]2(C)[C@@]1(OC(=O)CCCO[N+](=O)[O-])C(=O)COC(=O)CCNC(=O)CCCO[N+](=O)[O-]. The maximum absolute atomic E-state index is 17.7. The van der Waals surface area contributed by atoms with Gasteiger partial charge in [-0.15, -0.1) is 20.2 Å². The highest BCUT2D eigenvalue weighted by atomic mass is 19.1. The normalized spacial score (nSPS) is 33.4. The monoisotopic (exact) mass is 725 g/mol. The number of aliphatic hydroxyl groups is 1. The molecule has 0 spiro atoms. The Morgan fingerprint density at radius 3 is 2.31 bits per heavy atom. The summed E-state index contributed by atoms with van der Waals surface area (Å²) >= 11 is 0. The molecule has 0 aromatic heterocycles. The molecule has 0 heterocycles. The van der Waals surface area contributed by atoms with E-state index in [4.69, 9.17) is 9.47 Å². The smallest absolute Gasteiger partial charge is 0.308 e. The molecule has 0 aliphatic heterocycles. The van der Waals surface area contributed by atoms with Crippen LogP contribution in [0.15, 0.2) is 23.8 Å². The van der Waals surface area contributed by atoms with Gasteiger partial charge in [-0.2, -0.15) is 0 Å². The van der Waals surface area contributed by atoms with Gasteiger partial charge in [0.05, 0.1) is 25.7 Å². The number of hydrogen-bond donors (Lipinski definition) is 2. The first-order chi connectivity index (χ1) is 23.9. The molecule has 18 heteroatoms. The summed E-state index contributed by atoms with van der Waals surface area (Å²) in [6.07, 6.45) is 2.22. The van der Waals surface area contributed by atoms with Gasteiger partial charge in [0.2, 0.25) is 11.7 Å². The van der Waals surface area contributed by atoms with Crippen molar-refractivity contribution in [2.75, 3.05) is 26.4 Å². The Bertz CT molecular complexity index is 1500. The molecule has 17 nitrogen and oxygen atoms in total. The number of aliphatic hydroxyl groups excluding tert-OH is 1. The average Bonchev–Trinajstić information content (AvgIpc) is 3.27. The van der Waals surface area contributed by atoms with Crippen molar-refractivity contribution in [3.8, 4) is 0 Å². The van der Waals surface area contributed by atoms with E-state index in [1.54, 1.807) is 20.8 Å². The first-order valence-electron chi connectivity index (χ1n) is 16.9. The molecule has 0 saturated heterocycles. The third-order valence-corrected chi connectivity index (χ3v) is 11.3. The van der Waals surface area contributed by atoms with E-state index in [1.165, 1.54) is 12.2 Å². The third-order valence-electron chi connectivity index (χ3n) is 11.3. The van der Waals surface area contributed by atoms with Crippen molar-refractivity contribution >= 4 is 29.4 Å². The second-order valence-corrected chi connectivity index (χ2v) is 14.1. The zero-order valence-corrected chi connectivity index (χ0v) is 28.8. The van der Waals surface area contributed by atoms with Crippen LogP contribution in [0.1, 0.15) is 78.6 Å². The van der Waals surface area contributed by atoms with Crippen LogP contribution in [0.2, 0.25) is 0 Å². The number of carbonyl (C=O) groups excluding carboxylic acids is 5. The highest BCUT2D eigenvalue weighted by Gasteiger charge is 2.77. The topological polar surface area (TPSA) is 241 Å². The Labute approximate surface area is 292 Å². The summed E-state index contributed by atoms with van der Waals surface area (Å²) in [5.74, 6) is -5.42. The number of rotatable bonds is 17. The fraction of sp³-hybridized carbons (Fsp3) is 0.727. The predicted molar refractivity (Wildman–Crippen MR) is 170 cm³/mol. The van der Waals surface area contributed by atoms with Crippen LogP contribution in [0.5, 0.6) is 0 Å². The lowest BCUT2D eigenvalue weighted by Gasteiger charge is -2.62. The zero-order valence-electron chi connectivity index (χ0n) is 28.8. The van der Waals surface area contributed by atoms with Crippen LogP contribution in [0.4, 0.5) is 4.39 Å². The molecule has 1 amide bonds. The number of nitrogens with one attached hydrogen (secondary N) is 1. The fourth-order valence-electron chi connectivity index (χ4n) is 8.98. The van der Waals surface area contributed by atoms with Crippen molar-refractivity contribution in [3.63, 3.8) is 0 Å². The maximum atomic E-state index is 17.7. The number of alkyl halides is 1. The number of Topliss-reactive ketones (excluding diaryl/α,β-unsaturated/α-hetero) is 1. The van der Waals surface area contributed by atoms with Crippen molar-refractivity contribution in [1.82, 2.24) is 5.32 Å². The Morgan fingerprint density at radius 2 is 1.67 bits per heavy atom. The number of fused-ring (bicyclic) bond motifs is 5. The number of hydrogen-bond acceptors (Lipinski definition) is 14. The molecule has 0 aromatic carbocycles. The molecular formula is C33H44FN3O14. The molecule has 0 radical (unpaired) electrons. The Morgan fingerprint density at radius 1 is 1.02 bits per heavy atom. The molecule has 2 unspecified atom stereocenters. The van der Waals surface area contributed by atoms with Crippen molar-refractivity contribution in [2.24, 2.45) is 28.6 Å². The average molecular weight is 726 g/mol. The predicted octanol–water partition coefficient (Wildman–Crippen LogP) is 2.48. The minimum absolute atomic E-state index is 0.0185. The summed E-state index contributed by atoms with van der Waals surface area (Å²) in [5, 5.41) is 33.0. The summed E-state index contributed by atoms with van der Waals surface area (Å²) < 4.78 is 29.0. The van der Waals surface area contributed by atoms with E-state index >= 15 is 4.39 Å². The molecule has 282 valence electrons. The number of amides is 1. The number of carbonyl (C=O) groups is 5. The second-order valence-electron chi connectivity index (χ2n) is 14.1. The van der Waals surface area contributed by atoms with Gasteiger partial charge in [-0.25, -0.2) is 4.39 Å². The van der Waals surface area contributed by atoms with E-state index in [9.17, 15) is 49.3 Å². The first-order valence-corrected chi connectivity index (χ1v) is 16.9. The second kappa shape index (κ2) is 15.4. The lowest BCUT2D eigenvalue weighted by molar-refractivity contribution is -0.757. The minimum Gasteiger partial charge on any atom is -0.457 e. The molecule has 51 heavy (non-hydrogen) atoms. The first kappa shape index (κ1) is 39.3. The van der Waals surface area contributed by atoms with Crippen LogP contribution in [0.25, 0.3) is 0 Å². The lowest BCUT2D eigenvalue weighted by Crippen LogP contribution is -2.69. The van der Waals surface area contributed by atoms with E-state index in [2.05, 4.69) is 15.0 Å². The number of ether oxygens (including phenoxy) is 2. The molecular weight excluding hydrogens is 681 g/mol. The van der Waals surface area contributed by atoms with Crippen molar-refractivity contribution in [2.45, 2.75) is 95.9 Å². The van der Waals surface area contributed by atoms with Crippen molar-refractivity contribution in [3.05, 3.63) is 44.0 Å². The largest absolute Gasteiger partial charge is 0.457 e. The van der Waals surface area contributed by atoms with Gasteiger partial charge in [0, 0.05) is 48.5 Å². The molecule has 8 atom stereocenters. The summed E-state index contributed by atoms with van der Waals surface area (Å²) in [5.41, 5.74) is -6.31. The van der Waals surface area contributed by atoms with E-state index in [-0.39, 0.29) is 76.7 Å². The molecule has 0 bridgehead atoms. The summed E-state index contributed by atoms with van der Waals surface area (Å²) in [4.78, 5) is 93.6. The number of allylic oxidation sites excluding steroid dienone is 4. The number of nitrogens with zero attached hydrogens (tertiary/aromatic N) is 2. The van der Waals surface area contributed by atoms with Crippen molar-refractivity contribution < 1.29 is 62.8 Å². The summed E-state index contributed by atoms with van der Waals surface area (Å²) in [7, 11) is 0. The molecule has 2 fully saturated rings. The van der Waals surface area contributed by atoms with Crippen LogP contribution in [-0.2, 0) is 43.1 Å². The highest BCUT2D eigenvalue weighted by Crippen LogP contribution is 2.71. The van der Waals surface area contributed by atoms with Gasteiger partial charge < -0.3 is 29.6 Å².